The fraction of sp³-hybridized carbons (Fsp3) is 0.529. The molecule has 1 aliphatic rings. The number of hydrogen-bond acceptors (Lipinski definition) is 4. The van der Waals surface area contributed by atoms with E-state index < -0.39 is 0 Å². The molecule has 0 aromatic heterocycles. The largest absolute Gasteiger partial charge is 0.380 e. The van der Waals surface area contributed by atoms with Crippen molar-refractivity contribution in [1.29, 1.82) is 0 Å². The molecule has 1 aromatic carbocycles. The summed E-state index contributed by atoms with van der Waals surface area (Å²) in [6, 6.07) is 5.67. The molecule has 0 radical (unpaired) electrons. The first-order valence-corrected chi connectivity index (χ1v) is 8.10. The minimum absolute atomic E-state index is 0. The number of amides is 2. The number of methoxy groups -OCH3 is 1. The number of ether oxygens (including phenoxy) is 1. The van der Waals surface area contributed by atoms with Gasteiger partial charge in [-0.2, -0.15) is 0 Å². The van der Waals surface area contributed by atoms with Crippen molar-refractivity contribution >= 4 is 29.9 Å². The van der Waals surface area contributed by atoms with E-state index in [0.717, 1.165) is 0 Å². The third kappa shape index (κ3) is 6.26. The number of nitrogens with two attached hydrogens (primary N) is 1. The van der Waals surface area contributed by atoms with Crippen molar-refractivity contribution in [3.8, 4) is 0 Å². The second-order valence-corrected chi connectivity index (χ2v) is 5.95. The molecule has 1 fully saturated rings. The highest BCUT2D eigenvalue weighted by Crippen LogP contribution is 2.20. The van der Waals surface area contributed by atoms with Gasteiger partial charge in [0.05, 0.1) is 12.5 Å². The molecule has 8 heteroatoms. The molecule has 2 rings (SSSR count). The van der Waals surface area contributed by atoms with Crippen LogP contribution in [0.4, 0.5) is 10.1 Å². The Labute approximate surface area is 153 Å². The Bertz CT molecular complexity index is 559. The summed E-state index contributed by atoms with van der Waals surface area (Å²) >= 11 is 0. The van der Waals surface area contributed by atoms with Crippen LogP contribution in [0.2, 0.25) is 0 Å². The van der Waals surface area contributed by atoms with Crippen LogP contribution in [-0.2, 0) is 14.3 Å². The number of nitrogens with zero attached hydrogens (tertiary/aromatic N) is 1. The first-order valence-electron chi connectivity index (χ1n) is 8.10. The maximum absolute atomic E-state index is 12.9. The van der Waals surface area contributed by atoms with Crippen LogP contribution in [0.5, 0.6) is 0 Å². The first-order chi connectivity index (χ1) is 11.5. The molecule has 1 aliphatic heterocycles. The molecule has 0 saturated carbocycles. The molecule has 0 aliphatic carbocycles. The molecule has 1 aromatic rings. The Morgan fingerprint density at radius 1 is 1.32 bits per heavy atom. The Balaban J connectivity index is 0.00000312. The molecule has 25 heavy (non-hydrogen) atoms. The zero-order valence-electron chi connectivity index (χ0n) is 14.2. The van der Waals surface area contributed by atoms with Crippen molar-refractivity contribution in [3.63, 3.8) is 0 Å². The number of nitrogens with one attached hydrogen (secondary N) is 1. The predicted octanol–water partition coefficient (Wildman–Crippen LogP) is 1.79. The molecular formula is C17H25ClFN3O3. The average molecular weight is 374 g/mol. The van der Waals surface area contributed by atoms with Crippen molar-refractivity contribution in [2.24, 2.45) is 11.7 Å². The van der Waals surface area contributed by atoms with Gasteiger partial charge in [0.25, 0.3) is 0 Å². The monoisotopic (exact) mass is 373 g/mol. The van der Waals surface area contributed by atoms with Gasteiger partial charge in [0, 0.05) is 38.3 Å². The molecule has 0 bridgehead atoms. The molecule has 140 valence electrons. The number of carbonyl (C=O) groups is 2. The van der Waals surface area contributed by atoms with Gasteiger partial charge in [0.2, 0.25) is 11.8 Å². The van der Waals surface area contributed by atoms with Gasteiger partial charge in [-0.1, -0.05) is 0 Å². The van der Waals surface area contributed by atoms with E-state index in [9.17, 15) is 14.0 Å². The highest BCUT2D eigenvalue weighted by Gasteiger charge is 2.28. The lowest BCUT2D eigenvalue weighted by molar-refractivity contribution is -0.136. The number of hydrogen-bond donors (Lipinski definition) is 2. The number of benzene rings is 1. The van der Waals surface area contributed by atoms with E-state index in [-0.39, 0.29) is 48.5 Å². The van der Waals surface area contributed by atoms with Gasteiger partial charge in [-0.3, -0.25) is 9.59 Å². The van der Waals surface area contributed by atoms with Gasteiger partial charge in [-0.15, -0.1) is 12.4 Å². The van der Waals surface area contributed by atoms with Gasteiger partial charge >= 0.3 is 0 Å². The molecular weight excluding hydrogens is 349 g/mol. The normalized spacial score (nSPS) is 16.0. The zero-order valence-corrected chi connectivity index (χ0v) is 15.1. The molecule has 1 saturated heterocycles. The lowest BCUT2D eigenvalue weighted by atomic mass is 9.95. The van der Waals surface area contributed by atoms with Crippen molar-refractivity contribution in [3.05, 3.63) is 30.1 Å². The molecule has 1 heterocycles. The number of piperidine rings is 1. The van der Waals surface area contributed by atoms with E-state index >= 15 is 0 Å². The fourth-order valence-electron chi connectivity index (χ4n) is 2.76. The average Bonchev–Trinajstić information content (AvgIpc) is 2.61. The zero-order chi connectivity index (χ0) is 17.5. The number of likely N-dealkylation sites (tertiary alicyclic amines) is 1. The number of halogens is 2. The van der Waals surface area contributed by atoms with E-state index in [4.69, 9.17) is 10.5 Å². The van der Waals surface area contributed by atoms with Crippen LogP contribution >= 0.6 is 12.4 Å². The summed E-state index contributed by atoms with van der Waals surface area (Å²) in [6.45, 7) is 1.39. The van der Waals surface area contributed by atoms with Gasteiger partial charge in [-0.05, 0) is 37.1 Å². The van der Waals surface area contributed by atoms with Crippen molar-refractivity contribution in [2.75, 3.05) is 32.1 Å². The minimum atomic E-state index is -0.341. The third-order valence-electron chi connectivity index (χ3n) is 4.33. The minimum Gasteiger partial charge on any atom is -0.380 e. The van der Waals surface area contributed by atoms with Crippen LogP contribution < -0.4 is 11.1 Å². The Hall–Kier alpha value is -1.70. The lowest BCUT2D eigenvalue weighted by Gasteiger charge is -2.32. The van der Waals surface area contributed by atoms with E-state index in [1.54, 1.807) is 4.90 Å². The summed E-state index contributed by atoms with van der Waals surface area (Å²) in [6.07, 6.45) is 1.22. The summed E-state index contributed by atoms with van der Waals surface area (Å²) in [4.78, 5) is 26.2. The maximum Gasteiger partial charge on any atom is 0.227 e. The van der Waals surface area contributed by atoms with E-state index in [1.807, 2.05) is 0 Å². The Morgan fingerprint density at radius 3 is 2.44 bits per heavy atom. The molecule has 1 atom stereocenters. The Kier molecular flexibility index (Phi) is 8.82. The summed E-state index contributed by atoms with van der Waals surface area (Å²) in [7, 11) is 1.54. The summed E-state index contributed by atoms with van der Waals surface area (Å²) in [5.41, 5.74) is 6.11. The van der Waals surface area contributed by atoms with E-state index in [1.165, 1.54) is 31.4 Å². The van der Waals surface area contributed by atoms with Gasteiger partial charge in [-0.25, -0.2) is 4.39 Å². The van der Waals surface area contributed by atoms with Gasteiger partial charge in [0.1, 0.15) is 5.82 Å². The van der Waals surface area contributed by atoms with Gasteiger partial charge in [0.15, 0.2) is 0 Å². The maximum atomic E-state index is 12.9. The van der Waals surface area contributed by atoms with E-state index in [0.29, 0.717) is 38.2 Å². The first kappa shape index (κ1) is 21.3. The van der Waals surface area contributed by atoms with Crippen LogP contribution in [0.1, 0.15) is 19.3 Å². The van der Waals surface area contributed by atoms with Gasteiger partial charge < -0.3 is 20.7 Å². The van der Waals surface area contributed by atoms with Crippen molar-refractivity contribution in [1.82, 2.24) is 4.90 Å². The lowest BCUT2D eigenvalue weighted by Crippen LogP contribution is -2.43. The summed E-state index contributed by atoms with van der Waals surface area (Å²) in [5, 5.41) is 2.79. The molecule has 1 unspecified atom stereocenters. The quantitative estimate of drug-likeness (QED) is 0.796. The van der Waals surface area contributed by atoms with Crippen LogP contribution in [0.3, 0.4) is 0 Å². The van der Waals surface area contributed by atoms with Crippen LogP contribution in [0.25, 0.3) is 0 Å². The van der Waals surface area contributed by atoms with Crippen LogP contribution in [-0.4, -0.2) is 49.6 Å². The number of anilines is 1. The topological polar surface area (TPSA) is 84.7 Å². The molecule has 3 N–H and O–H groups in total. The molecule has 2 amide bonds. The molecule has 0 spiro atoms. The number of carbonyl (C=O) groups excluding carboxylic acids is 2. The van der Waals surface area contributed by atoms with Crippen molar-refractivity contribution < 1.29 is 18.7 Å². The standard InChI is InChI=1S/C17H24FN3O3.ClH/c1-24-15(11-19)10-16(22)21-8-6-12(7-9-21)17(23)20-14-4-2-13(18)3-5-14;/h2-5,12,15H,6-11,19H2,1H3,(H,20,23);1H. The fourth-order valence-corrected chi connectivity index (χ4v) is 2.76. The SMILES string of the molecule is COC(CN)CC(=O)N1CCC(C(=O)Nc2ccc(F)cc2)CC1.Cl. The van der Waals surface area contributed by atoms with Crippen LogP contribution in [0.15, 0.2) is 24.3 Å². The second kappa shape index (κ2) is 10.3. The highest BCUT2D eigenvalue weighted by molar-refractivity contribution is 5.92. The third-order valence-corrected chi connectivity index (χ3v) is 4.33. The summed E-state index contributed by atoms with van der Waals surface area (Å²) < 4.78 is 18.0. The smallest absolute Gasteiger partial charge is 0.227 e. The van der Waals surface area contributed by atoms with E-state index in [2.05, 4.69) is 5.32 Å². The predicted molar refractivity (Wildman–Crippen MR) is 96.1 cm³/mol. The summed E-state index contributed by atoms with van der Waals surface area (Å²) in [5.74, 6) is -0.575. The Morgan fingerprint density at radius 2 is 1.92 bits per heavy atom. The second-order valence-electron chi connectivity index (χ2n) is 5.95. The van der Waals surface area contributed by atoms with Crippen LogP contribution in [0, 0.1) is 11.7 Å². The number of rotatable bonds is 6. The highest BCUT2D eigenvalue weighted by atomic mass is 35.5. The molecule has 6 nitrogen and oxygen atoms in total. The van der Waals surface area contributed by atoms with Crippen molar-refractivity contribution in [2.45, 2.75) is 25.4 Å².